The average molecular weight is 391 g/mol. The lowest BCUT2D eigenvalue weighted by Gasteiger charge is -2.11. The summed E-state index contributed by atoms with van der Waals surface area (Å²) in [4.78, 5) is 13.6. The molecule has 0 aliphatic heterocycles. The number of hydrogen-bond acceptors (Lipinski definition) is 5. The van der Waals surface area contributed by atoms with Crippen LogP contribution in [0.4, 0.5) is 11.5 Å². The minimum absolute atomic E-state index is 0.245. The molecule has 3 rings (SSSR count). The zero-order chi connectivity index (χ0) is 21.1. The Bertz CT molecular complexity index is 1140. The van der Waals surface area contributed by atoms with Crippen LogP contribution in [0.25, 0.3) is 11.4 Å². The van der Waals surface area contributed by atoms with Crippen molar-refractivity contribution in [3.63, 3.8) is 0 Å². The van der Waals surface area contributed by atoms with E-state index in [1.165, 1.54) is 10.8 Å². The van der Waals surface area contributed by atoms with Crippen LogP contribution in [-0.4, -0.2) is 29.0 Å². The Labute approximate surface area is 169 Å². The van der Waals surface area contributed by atoms with E-state index in [1.807, 2.05) is 50.4 Å². The standard InChI is InChI=1S/C22H25N5O2/c1-6-25-21-20(15(3)23)26(18-11-10-14(2)19(13-18)29-5)22(28)27(21)17-9-7-8-16(12-17)24-4/h6-13,23-25H,1H2,2-5H3. The van der Waals surface area contributed by atoms with Gasteiger partial charge in [-0.15, -0.1) is 0 Å². The lowest BCUT2D eigenvalue weighted by atomic mass is 10.2. The molecule has 7 nitrogen and oxygen atoms in total. The molecule has 150 valence electrons. The molecule has 7 heteroatoms. The first-order chi connectivity index (χ1) is 13.9. The number of rotatable bonds is 7. The molecule has 0 saturated heterocycles. The summed E-state index contributed by atoms with van der Waals surface area (Å²) >= 11 is 0. The summed E-state index contributed by atoms with van der Waals surface area (Å²) < 4.78 is 8.49. The molecule has 0 aliphatic rings. The fourth-order valence-corrected chi connectivity index (χ4v) is 3.31. The van der Waals surface area contributed by atoms with Crippen LogP contribution < -0.4 is 21.1 Å². The first kappa shape index (κ1) is 20.0. The fraction of sp³-hybridized carbons (Fsp3) is 0.182. The van der Waals surface area contributed by atoms with E-state index in [0.717, 1.165) is 11.3 Å². The van der Waals surface area contributed by atoms with Gasteiger partial charge in [0, 0.05) is 18.8 Å². The van der Waals surface area contributed by atoms with E-state index < -0.39 is 0 Å². The monoisotopic (exact) mass is 391 g/mol. The van der Waals surface area contributed by atoms with E-state index in [2.05, 4.69) is 17.2 Å². The van der Waals surface area contributed by atoms with Crippen molar-refractivity contribution >= 4 is 17.2 Å². The van der Waals surface area contributed by atoms with Crippen molar-refractivity contribution in [3.8, 4) is 17.1 Å². The van der Waals surface area contributed by atoms with Gasteiger partial charge in [0.1, 0.15) is 17.3 Å². The topological polar surface area (TPSA) is 84.1 Å². The average Bonchev–Trinajstić information content (AvgIpc) is 3.01. The largest absolute Gasteiger partial charge is 0.496 e. The Kier molecular flexibility index (Phi) is 5.59. The van der Waals surface area contributed by atoms with Crippen LogP contribution in [0.1, 0.15) is 18.2 Å². The molecule has 0 radical (unpaired) electrons. The summed E-state index contributed by atoms with van der Waals surface area (Å²) in [7, 11) is 3.42. The van der Waals surface area contributed by atoms with Gasteiger partial charge < -0.3 is 20.8 Å². The van der Waals surface area contributed by atoms with Crippen LogP contribution in [0.2, 0.25) is 0 Å². The quantitative estimate of drug-likeness (QED) is 0.533. The van der Waals surface area contributed by atoms with Gasteiger partial charge in [0.2, 0.25) is 0 Å². The van der Waals surface area contributed by atoms with Gasteiger partial charge in [-0.25, -0.2) is 9.36 Å². The van der Waals surface area contributed by atoms with Gasteiger partial charge >= 0.3 is 5.69 Å². The molecular weight excluding hydrogens is 366 g/mol. The van der Waals surface area contributed by atoms with Crippen molar-refractivity contribution in [3.05, 3.63) is 77.0 Å². The van der Waals surface area contributed by atoms with E-state index in [9.17, 15) is 4.79 Å². The second-order valence-corrected chi connectivity index (χ2v) is 6.58. The van der Waals surface area contributed by atoms with E-state index in [0.29, 0.717) is 28.6 Å². The van der Waals surface area contributed by atoms with Crippen molar-refractivity contribution in [2.45, 2.75) is 13.8 Å². The zero-order valence-electron chi connectivity index (χ0n) is 17.0. The van der Waals surface area contributed by atoms with Gasteiger partial charge in [-0.2, -0.15) is 0 Å². The van der Waals surface area contributed by atoms with Crippen molar-refractivity contribution in [1.82, 2.24) is 9.13 Å². The number of imidazole rings is 1. The molecular formula is C22H25N5O2. The first-order valence-corrected chi connectivity index (χ1v) is 9.16. The smallest absolute Gasteiger partial charge is 0.339 e. The molecule has 0 amide bonds. The number of hydrogen-bond donors (Lipinski definition) is 3. The summed E-state index contributed by atoms with van der Waals surface area (Å²) in [6, 6.07) is 13.0. The maximum atomic E-state index is 13.6. The van der Waals surface area contributed by atoms with Gasteiger partial charge in [-0.3, -0.25) is 4.57 Å². The van der Waals surface area contributed by atoms with Crippen molar-refractivity contribution < 1.29 is 4.74 Å². The van der Waals surface area contributed by atoms with Crippen LogP contribution in [-0.2, 0) is 0 Å². The third-order valence-electron chi connectivity index (χ3n) is 4.69. The molecule has 0 aliphatic carbocycles. The number of nitrogens with one attached hydrogen (secondary N) is 3. The fourth-order valence-electron chi connectivity index (χ4n) is 3.31. The molecule has 0 spiro atoms. The lowest BCUT2D eigenvalue weighted by Crippen LogP contribution is -2.24. The molecule has 2 aromatic carbocycles. The number of benzene rings is 2. The molecule has 3 N–H and O–H groups in total. The molecule has 0 atom stereocenters. The summed E-state index contributed by atoms with van der Waals surface area (Å²) in [6.07, 6.45) is 1.50. The molecule has 1 heterocycles. The summed E-state index contributed by atoms with van der Waals surface area (Å²) in [6.45, 7) is 7.33. The van der Waals surface area contributed by atoms with Crippen LogP contribution in [0, 0.1) is 12.3 Å². The predicted octanol–water partition coefficient (Wildman–Crippen LogP) is 3.93. The predicted molar refractivity (Wildman–Crippen MR) is 119 cm³/mol. The van der Waals surface area contributed by atoms with E-state index in [-0.39, 0.29) is 11.4 Å². The highest BCUT2D eigenvalue weighted by molar-refractivity contribution is 6.00. The van der Waals surface area contributed by atoms with Crippen molar-refractivity contribution in [2.75, 3.05) is 24.8 Å². The minimum Gasteiger partial charge on any atom is -0.496 e. The van der Waals surface area contributed by atoms with Crippen LogP contribution in [0.15, 0.2) is 60.0 Å². The van der Waals surface area contributed by atoms with Gasteiger partial charge in [-0.1, -0.05) is 18.7 Å². The summed E-state index contributed by atoms with van der Waals surface area (Å²) in [5.41, 5.74) is 3.53. The van der Waals surface area contributed by atoms with Crippen LogP contribution in [0.3, 0.4) is 0 Å². The minimum atomic E-state index is -0.296. The van der Waals surface area contributed by atoms with Gasteiger partial charge in [0.05, 0.1) is 24.2 Å². The number of aryl methyl sites for hydroxylation is 1. The second-order valence-electron chi connectivity index (χ2n) is 6.58. The lowest BCUT2D eigenvalue weighted by molar-refractivity contribution is 0.411. The SMILES string of the molecule is C=CNc1c(C(C)=N)n(-c2ccc(C)c(OC)c2)c(=O)n1-c1cccc(NC)c1. The number of nitrogens with zero attached hydrogens (tertiary/aromatic N) is 2. The Morgan fingerprint density at radius 2 is 1.90 bits per heavy atom. The Morgan fingerprint density at radius 1 is 1.17 bits per heavy atom. The number of ether oxygens (including phenoxy) is 1. The molecule has 0 bridgehead atoms. The Balaban J connectivity index is 2.39. The van der Waals surface area contributed by atoms with Crippen LogP contribution >= 0.6 is 0 Å². The Hall–Kier alpha value is -3.74. The molecule has 0 unspecified atom stereocenters. The van der Waals surface area contributed by atoms with Gasteiger partial charge in [0.25, 0.3) is 0 Å². The van der Waals surface area contributed by atoms with Crippen LogP contribution in [0.5, 0.6) is 5.75 Å². The highest BCUT2D eigenvalue weighted by Crippen LogP contribution is 2.27. The molecule has 3 aromatic rings. The Morgan fingerprint density at radius 3 is 2.52 bits per heavy atom. The molecule has 0 saturated carbocycles. The molecule has 29 heavy (non-hydrogen) atoms. The number of aromatic nitrogens is 2. The first-order valence-electron chi connectivity index (χ1n) is 9.16. The normalized spacial score (nSPS) is 10.5. The third kappa shape index (κ3) is 3.54. The van der Waals surface area contributed by atoms with E-state index in [4.69, 9.17) is 10.1 Å². The zero-order valence-corrected chi connectivity index (χ0v) is 17.0. The third-order valence-corrected chi connectivity index (χ3v) is 4.69. The molecule has 0 fully saturated rings. The van der Waals surface area contributed by atoms with Gasteiger partial charge in [-0.05, 0) is 49.9 Å². The maximum Gasteiger partial charge on any atom is 0.339 e. The number of anilines is 2. The number of methoxy groups -OCH3 is 1. The summed E-state index contributed by atoms with van der Waals surface area (Å²) in [5, 5.41) is 14.5. The maximum absolute atomic E-state index is 13.6. The van der Waals surface area contributed by atoms with E-state index in [1.54, 1.807) is 24.7 Å². The van der Waals surface area contributed by atoms with Crippen molar-refractivity contribution in [1.29, 1.82) is 5.41 Å². The second kappa shape index (κ2) is 8.10. The highest BCUT2D eigenvalue weighted by atomic mass is 16.5. The summed E-state index contributed by atoms with van der Waals surface area (Å²) in [5.74, 6) is 1.15. The molecule has 1 aromatic heterocycles. The van der Waals surface area contributed by atoms with Gasteiger partial charge in [0.15, 0.2) is 0 Å². The highest BCUT2D eigenvalue weighted by Gasteiger charge is 2.23. The van der Waals surface area contributed by atoms with E-state index >= 15 is 0 Å². The van der Waals surface area contributed by atoms with Crippen molar-refractivity contribution in [2.24, 2.45) is 0 Å².